The molecule has 0 saturated carbocycles. The Balaban J connectivity index is 1.87. The summed E-state index contributed by atoms with van der Waals surface area (Å²) in [5.41, 5.74) is 1.23. The zero-order chi connectivity index (χ0) is 17.4. The maximum Gasteiger partial charge on any atom is 0.341 e. The van der Waals surface area contributed by atoms with Crippen molar-refractivity contribution in [1.82, 2.24) is 5.32 Å². The van der Waals surface area contributed by atoms with Crippen molar-refractivity contribution in [1.29, 1.82) is 0 Å². The molecule has 6 heteroatoms. The summed E-state index contributed by atoms with van der Waals surface area (Å²) in [5.74, 6) is -0.448. The minimum absolute atomic E-state index is 0.190. The molecule has 24 heavy (non-hydrogen) atoms. The number of benzene rings is 2. The zero-order valence-electron chi connectivity index (χ0n) is 13.3. The van der Waals surface area contributed by atoms with Crippen LogP contribution >= 0.6 is 11.6 Å². The number of carbonyl (C=O) groups excluding carboxylic acids is 2. The summed E-state index contributed by atoms with van der Waals surface area (Å²) in [5, 5.41) is 3.38. The lowest BCUT2D eigenvalue weighted by atomic mass is 10.2. The molecule has 0 aliphatic heterocycles. The van der Waals surface area contributed by atoms with Crippen LogP contribution in [0.25, 0.3) is 0 Å². The van der Waals surface area contributed by atoms with Crippen molar-refractivity contribution in [3.05, 3.63) is 64.7 Å². The second kappa shape index (κ2) is 8.93. The smallest absolute Gasteiger partial charge is 0.341 e. The molecule has 0 aliphatic carbocycles. The Morgan fingerprint density at radius 3 is 2.50 bits per heavy atom. The average Bonchev–Trinajstić information content (AvgIpc) is 2.60. The summed E-state index contributed by atoms with van der Waals surface area (Å²) in [7, 11) is 0. The summed E-state index contributed by atoms with van der Waals surface area (Å²) >= 11 is 5.81. The third-order valence-corrected chi connectivity index (χ3v) is 3.40. The van der Waals surface area contributed by atoms with Crippen LogP contribution in [0, 0.1) is 0 Å². The Kier molecular flexibility index (Phi) is 6.63. The van der Waals surface area contributed by atoms with Crippen molar-refractivity contribution in [2.45, 2.75) is 13.5 Å². The molecule has 2 rings (SSSR count). The third-order valence-electron chi connectivity index (χ3n) is 3.14. The molecule has 0 spiro atoms. The number of halogens is 1. The van der Waals surface area contributed by atoms with Gasteiger partial charge in [0.15, 0.2) is 6.61 Å². The van der Waals surface area contributed by atoms with Crippen LogP contribution in [-0.2, 0) is 16.1 Å². The van der Waals surface area contributed by atoms with Crippen LogP contribution in [-0.4, -0.2) is 25.1 Å². The molecular formula is C18H18ClNO4. The highest BCUT2D eigenvalue weighted by molar-refractivity contribution is 6.30. The fourth-order valence-corrected chi connectivity index (χ4v) is 2.09. The number of esters is 1. The first kappa shape index (κ1) is 17.8. The largest absolute Gasteiger partial charge is 0.483 e. The molecule has 0 heterocycles. The Morgan fingerprint density at radius 2 is 1.79 bits per heavy atom. The number of para-hydroxylation sites is 1. The number of ether oxygens (including phenoxy) is 2. The molecule has 5 nitrogen and oxygen atoms in total. The van der Waals surface area contributed by atoms with Gasteiger partial charge in [-0.05, 0) is 36.8 Å². The molecule has 1 amide bonds. The van der Waals surface area contributed by atoms with Gasteiger partial charge in [0.25, 0.3) is 5.91 Å². The fourth-order valence-electron chi connectivity index (χ4n) is 1.97. The van der Waals surface area contributed by atoms with E-state index in [1.54, 1.807) is 43.3 Å². The Hall–Kier alpha value is -2.53. The van der Waals surface area contributed by atoms with Gasteiger partial charge in [-0.15, -0.1) is 0 Å². The van der Waals surface area contributed by atoms with Gasteiger partial charge in [0.1, 0.15) is 11.3 Å². The molecule has 0 aromatic heterocycles. The van der Waals surface area contributed by atoms with Gasteiger partial charge in [0, 0.05) is 11.6 Å². The van der Waals surface area contributed by atoms with Crippen molar-refractivity contribution in [3.63, 3.8) is 0 Å². The van der Waals surface area contributed by atoms with Gasteiger partial charge in [0.2, 0.25) is 0 Å². The number of carbonyl (C=O) groups is 2. The Labute approximate surface area is 145 Å². The van der Waals surface area contributed by atoms with Gasteiger partial charge in [-0.1, -0.05) is 35.9 Å². The second-order valence-corrected chi connectivity index (χ2v) is 5.34. The van der Waals surface area contributed by atoms with Crippen molar-refractivity contribution in [2.24, 2.45) is 0 Å². The Morgan fingerprint density at radius 1 is 1.08 bits per heavy atom. The van der Waals surface area contributed by atoms with E-state index in [9.17, 15) is 9.59 Å². The minimum Gasteiger partial charge on any atom is -0.483 e. The van der Waals surface area contributed by atoms with Gasteiger partial charge in [0.05, 0.1) is 6.61 Å². The molecule has 0 unspecified atom stereocenters. The molecule has 2 aromatic rings. The van der Waals surface area contributed by atoms with Crippen LogP contribution in [0.1, 0.15) is 22.8 Å². The first-order chi connectivity index (χ1) is 11.6. The molecule has 0 aliphatic rings. The summed E-state index contributed by atoms with van der Waals surface area (Å²) in [4.78, 5) is 23.7. The highest BCUT2D eigenvalue weighted by atomic mass is 35.5. The number of hydrogen-bond donors (Lipinski definition) is 1. The third kappa shape index (κ3) is 5.28. The lowest BCUT2D eigenvalue weighted by Crippen LogP contribution is -2.28. The zero-order valence-corrected chi connectivity index (χ0v) is 14.0. The van der Waals surface area contributed by atoms with Crippen LogP contribution in [0.5, 0.6) is 5.75 Å². The van der Waals surface area contributed by atoms with E-state index in [2.05, 4.69) is 5.32 Å². The van der Waals surface area contributed by atoms with Crippen LogP contribution in [0.15, 0.2) is 48.5 Å². The van der Waals surface area contributed by atoms with E-state index in [-0.39, 0.29) is 19.1 Å². The van der Waals surface area contributed by atoms with E-state index in [0.717, 1.165) is 5.56 Å². The molecule has 1 N–H and O–H groups in total. The lowest BCUT2D eigenvalue weighted by molar-refractivity contribution is -0.123. The van der Waals surface area contributed by atoms with Gasteiger partial charge in [-0.2, -0.15) is 0 Å². The van der Waals surface area contributed by atoms with E-state index >= 15 is 0 Å². The van der Waals surface area contributed by atoms with E-state index in [1.807, 2.05) is 12.1 Å². The van der Waals surface area contributed by atoms with Gasteiger partial charge in [-0.25, -0.2) is 4.79 Å². The van der Waals surface area contributed by atoms with Crippen LogP contribution in [0.4, 0.5) is 0 Å². The SMILES string of the molecule is CCOC(=O)c1ccccc1OCC(=O)NCc1ccc(Cl)cc1. The van der Waals surface area contributed by atoms with Gasteiger partial charge < -0.3 is 14.8 Å². The highest BCUT2D eigenvalue weighted by Crippen LogP contribution is 2.18. The standard InChI is InChI=1S/C18H18ClNO4/c1-2-23-18(22)15-5-3-4-6-16(15)24-12-17(21)20-11-13-7-9-14(19)10-8-13/h3-10H,2,11-12H2,1H3,(H,20,21). The van der Waals surface area contributed by atoms with Crippen LogP contribution < -0.4 is 10.1 Å². The molecule has 0 atom stereocenters. The normalized spacial score (nSPS) is 10.1. The molecular weight excluding hydrogens is 330 g/mol. The predicted molar refractivity (Wildman–Crippen MR) is 91.2 cm³/mol. The predicted octanol–water partition coefficient (Wildman–Crippen LogP) is 3.21. The summed E-state index contributed by atoms with van der Waals surface area (Å²) < 4.78 is 10.4. The second-order valence-electron chi connectivity index (χ2n) is 4.91. The molecule has 0 fully saturated rings. The molecule has 126 valence electrons. The van der Waals surface area contributed by atoms with E-state index in [0.29, 0.717) is 22.9 Å². The maximum absolute atomic E-state index is 11.9. The topological polar surface area (TPSA) is 64.6 Å². The van der Waals surface area contributed by atoms with E-state index < -0.39 is 5.97 Å². The summed E-state index contributed by atoms with van der Waals surface area (Å²) in [6, 6.07) is 13.8. The molecule has 2 aromatic carbocycles. The highest BCUT2D eigenvalue weighted by Gasteiger charge is 2.14. The van der Waals surface area contributed by atoms with E-state index in [1.165, 1.54) is 0 Å². The monoisotopic (exact) mass is 347 g/mol. The summed E-state index contributed by atoms with van der Waals surface area (Å²) in [6.45, 7) is 2.18. The number of nitrogens with one attached hydrogen (secondary N) is 1. The van der Waals surface area contributed by atoms with Crippen molar-refractivity contribution in [2.75, 3.05) is 13.2 Å². The molecule has 0 saturated heterocycles. The fraction of sp³-hybridized carbons (Fsp3) is 0.222. The maximum atomic E-state index is 11.9. The Bertz CT molecular complexity index is 700. The van der Waals surface area contributed by atoms with E-state index in [4.69, 9.17) is 21.1 Å². The quantitative estimate of drug-likeness (QED) is 0.781. The molecule has 0 radical (unpaired) electrons. The number of hydrogen-bond acceptors (Lipinski definition) is 4. The minimum atomic E-state index is -0.477. The lowest BCUT2D eigenvalue weighted by Gasteiger charge is -2.11. The van der Waals surface area contributed by atoms with Gasteiger partial charge in [-0.3, -0.25) is 4.79 Å². The van der Waals surface area contributed by atoms with Crippen molar-refractivity contribution >= 4 is 23.5 Å². The summed E-state index contributed by atoms with van der Waals surface area (Å²) in [6.07, 6.45) is 0. The first-order valence-electron chi connectivity index (χ1n) is 7.50. The number of amides is 1. The average molecular weight is 348 g/mol. The molecule has 0 bridgehead atoms. The van der Waals surface area contributed by atoms with Crippen molar-refractivity contribution < 1.29 is 19.1 Å². The van der Waals surface area contributed by atoms with Gasteiger partial charge >= 0.3 is 5.97 Å². The first-order valence-corrected chi connectivity index (χ1v) is 7.88. The van der Waals surface area contributed by atoms with Crippen LogP contribution in [0.2, 0.25) is 5.02 Å². The van der Waals surface area contributed by atoms with Crippen molar-refractivity contribution in [3.8, 4) is 5.75 Å². The van der Waals surface area contributed by atoms with Crippen LogP contribution in [0.3, 0.4) is 0 Å². The number of rotatable bonds is 7.